The molecule has 0 saturated heterocycles. The summed E-state index contributed by atoms with van der Waals surface area (Å²) in [4.78, 5) is 20.6. The molecule has 0 radical (unpaired) electrons. The third kappa shape index (κ3) is 2.50. The molecule has 3 nitrogen and oxygen atoms in total. The zero-order valence-corrected chi connectivity index (χ0v) is 12.3. The lowest BCUT2D eigenvalue weighted by molar-refractivity contribution is 0.0981. The van der Waals surface area contributed by atoms with Crippen LogP contribution in [-0.2, 0) is 6.42 Å². The van der Waals surface area contributed by atoms with Gasteiger partial charge in [0.2, 0.25) is 0 Å². The summed E-state index contributed by atoms with van der Waals surface area (Å²) in [6.45, 7) is 0. The second-order valence-corrected chi connectivity index (χ2v) is 5.66. The zero-order valence-electron chi connectivity index (χ0n) is 10.7. The molecular weight excluding hydrogens is 323 g/mol. The van der Waals surface area contributed by atoms with Gasteiger partial charge in [-0.1, -0.05) is 15.9 Å². The normalized spacial score (nSPS) is 14.8. The van der Waals surface area contributed by atoms with Crippen LogP contribution in [0.25, 0.3) is 11.4 Å². The van der Waals surface area contributed by atoms with E-state index in [0.29, 0.717) is 23.4 Å². The maximum atomic E-state index is 13.4. The van der Waals surface area contributed by atoms with Crippen LogP contribution >= 0.6 is 15.9 Å². The predicted molar refractivity (Wildman–Crippen MR) is 77.0 cm³/mol. The lowest BCUT2D eigenvalue weighted by atomic mass is 10.1. The Morgan fingerprint density at radius 1 is 1.15 bits per heavy atom. The van der Waals surface area contributed by atoms with Crippen molar-refractivity contribution in [2.24, 2.45) is 0 Å². The first kappa shape index (κ1) is 13.4. The maximum Gasteiger partial charge on any atom is 0.166 e. The molecule has 0 aliphatic heterocycles. The van der Waals surface area contributed by atoms with E-state index in [1.165, 1.54) is 12.1 Å². The number of aryl methyl sites for hydroxylation is 1. The Morgan fingerprint density at radius 3 is 2.80 bits per heavy atom. The number of nitrogens with zero attached hydrogens (tertiary/aromatic N) is 2. The highest BCUT2D eigenvalue weighted by Gasteiger charge is 2.19. The molecule has 102 valence electrons. The number of fused-ring (bicyclic) bond motifs is 1. The van der Waals surface area contributed by atoms with E-state index in [2.05, 4.69) is 25.9 Å². The van der Waals surface area contributed by atoms with Gasteiger partial charge in [0, 0.05) is 22.7 Å². The van der Waals surface area contributed by atoms with Crippen molar-refractivity contribution in [3.05, 3.63) is 45.9 Å². The van der Waals surface area contributed by atoms with Crippen LogP contribution in [0.4, 0.5) is 4.39 Å². The van der Waals surface area contributed by atoms with E-state index < -0.39 is 0 Å². The Hall–Kier alpha value is -1.62. The molecule has 5 heteroatoms. The lowest BCUT2D eigenvalue weighted by Gasteiger charge is -2.08. The summed E-state index contributed by atoms with van der Waals surface area (Å²) in [7, 11) is 0. The number of carbonyl (C=O) groups is 1. The molecule has 1 aromatic carbocycles. The van der Waals surface area contributed by atoms with Crippen molar-refractivity contribution in [1.82, 2.24) is 9.97 Å². The van der Waals surface area contributed by atoms with Gasteiger partial charge in [0.15, 0.2) is 11.6 Å². The molecule has 0 amide bonds. The van der Waals surface area contributed by atoms with Gasteiger partial charge in [-0.2, -0.15) is 0 Å². The highest BCUT2D eigenvalue weighted by molar-refractivity contribution is 9.10. The van der Waals surface area contributed by atoms with E-state index in [9.17, 15) is 9.18 Å². The van der Waals surface area contributed by atoms with Gasteiger partial charge >= 0.3 is 0 Å². The molecule has 0 bridgehead atoms. The molecule has 0 atom stereocenters. The quantitative estimate of drug-likeness (QED) is 0.741. The average Bonchev–Trinajstić information content (AvgIpc) is 2.63. The first-order valence-electron chi connectivity index (χ1n) is 6.49. The van der Waals surface area contributed by atoms with Gasteiger partial charge in [-0.05, 0) is 37.5 Å². The summed E-state index contributed by atoms with van der Waals surface area (Å²) < 4.78 is 14.1. The summed E-state index contributed by atoms with van der Waals surface area (Å²) in [6, 6.07) is 4.40. The lowest BCUT2D eigenvalue weighted by Crippen LogP contribution is -2.05. The Labute approximate surface area is 124 Å². The summed E-state index contributed by atoms with van der Waals surface area (Å²) in [5.74, 6) is 0.213. The molecule has 2 aromatic rings. The summed E-state index contributed by atoms with van der Waals surface area (Å²) in [5.41, 5.74) is 1.98. The van der Waals surface area contributed by atoms with E-state index in [-0.39, 0.29) is 11.6 Å². The number of carbonyl (C=O) groups excluding carboxylic acids is 1. The zero-order chi connectivity index (χ0) is 14.1. The van der Waals surface area contributed by atoms with Crippen molar-refractivity contribution in [2.45, 2.75) is 25.7 Å². The van der Waals surface area contributed by atoms with Gasteiger partial charge < -0.3 is 0 Å². The fraction of sp³-hybridized carbons (Fsp3) is 0.267. The first-order chi connectivity index (χ1) is 9.65. The maximum absolute atomic E-state index is 13.4. The minimum absolute atomic E-state index is 0.0994. The van der Waals surface area contributed by atoms with Gasteiger partial charge in [-0.25, -0.2) is 14.4 Å². The van der Waals surface area contributed by atoms with Crippen molar-refractivity contribution < 1.29 is 9.18 Å². The smallest absolute Gasteiger partial charge is 0.166 e. The summed E-state index contributed by atoms with van der Waals surface area (Å²) >= 11 is 3.38. The van der Waals surface area contributed by atoms with Crippen LogP contribution in [0.1, 0.15) is 35.3 Å². The first-order valence-corrected chi connectivity index (χ1v) is 7.29. The van der Waals surface area contributed by atoms with Crippen molar-refractivity contribution in [1.29, 1.82) is 0 Å². The van der Waals surface area contributed by atoms with Crippen molar-refractivity contribution in [3.8, 4) is 11.4 Å². The highest BCUT2D eigenvalue weighted by Crippen LogP contribution is 2.28. The van der Waals surface area contributed by atoms with E-state index in [0.717, 1.165) is 29.4 Å². The minimum Gasteiger partial charge on any atom is -0.294 e. The molecule has 1 aromatic heterocycles. The third-order valence-corrected chi connectivity index (χ3v) is 4.10. The largest absolute Gasteiger partial charge is 0.294 e. The third-order valence-electron chi connectivity index (χ3n) is 3.40. The fourth-order valence-electron chi connectivity index (χ4n) is 2.35. The Balaban J connectivity index is 2.10. The van der Waals surface area contributed by atoms with E-state index in [4.69, 9.17) is 0 Å². The Kier molecular flexibility index (Phi) is 3.61. The molecule has 20 heavy (non-hydrogen) atoms. The number of rotatable bonds is 1. The number of halogens is 2. The SMILES string of the molecule is O=C1CCCCc2nc(-c3cc(F)ccc3Br)ncc21. The number of aromatic nitrogens is 2. The second kappa shape index (κ2) is 5.40. The molecule has 0 unspecified atom stereocenters. The standard InChI is InChI=1S/C15H12BrFN2O/c16-12-6-5-9(17)7-10(12)15-18-8-11-13(19-15)3-1-2-4-14(11)20/h5-8H,1-4H2. The van der Waals surface area contributed by atoms with Crippen LogP contribution in [0, 0.1) is 5.82 Å². The number of hydrogen-bond donors (Lipinski definition) is 0. The number of ketones is 1. The van der Waals surface area contributed by atoms with Crippen LogP contribution in [-0.4, -0.2) is 15.8 Å². The molecular formula is C15H12BrFN2O. The fourth-order valence-corrected chi connectivity index (χ4v) is 2.78. The monoisotopic (exact) mass is 334 g/mol. The van der Waals surface area contributed by atoms with E-state index in [1.54, 1.807) is 12.3 Å². The average molecular weight is 335 g/mol. The van der Waals surface area contributed by atoms with Crippen molar-refractivity contribution in [2.75, 3.05) is 0 Å². The van der Waals surface area contributed by atoms with E-state index in [1.807, 2.05) is 0 Å². The van der Waals surface area contributed by atoms with Gasteiger partial charge in [0.25, 0.3) is 0 Å². The topological polar surface area (TPSA) is 42.9 Å². The van der Waals surface area contributed by atoms with Gasteiger partial charge in [0.05, 0.1) is 11.3 Å². The van der Waals surface area contributed by atoms with Gasteiger partial charge in [-0.15, -0.1) is 0 Å². The van der Waals surface area contributed by atoms with Crippen molar-refractivity contribution >= 4 is 21.7 Å². The molecule has 1 aliphatic carbocycles. The number of benzene rings is 1. The molecule has 0 N–H and O–H groups in total. The van der Waals surface area contributed by atoms with Crippen molar-refractivity contribution in [3.63, 3.8) is 0 Å². The number of Topliss-reactive ketones (excluding diaryl/α,β-unsaturated/α-hetero) is 1. The van der Waals surface area contributed by atoms with Crippen LogP contribution in [0.5, 0.6) is 0 Å². The highest BCUT2D eigenvalue weighted by atomic mass is 79.9. The molecule has 1 aliphatic rings. The molecule has 3 rings (SSSR count). The van der Waals surface area contributed by atoms with Crippen LogP contribution < -0.4 is 0 Å². The Morgan fingerprint density at radius 2 is 1.95 bits per heavy atom. The molecule has 0 spiro atoms. The van der Waals surface area contributed by atoms with Crippen LogP contribution in [0.3, 0.4) is 0 Å². The molecule has 1 heterocycles. The summed E-state index contributed by atoms with van der Waals surface area (Å²) in [5, 5.41) is 0. The predicted octanol–water partition coefficient (Wildman–Crippen LogP) is 3.95. The Bertz CT molecular complexity index is 688. The number of hydrogen-bond acceptors (Lipinski definition) is 3. The summed E-state index contributed by atoms with van der Waals surface area (Å²) in [6.07, 6.45) is 4.72. The van der Waals surface area contributed by atoms with Gasteiger partial charge in [0.1, 0.15) is 5.82 Å². The van der Waals surface area contributed by atoms with Crippen LogP contribution in [0.2, 0.25) is 0 Å². The van der Waals surface area contributed by atoms with Crippen LogP contribution in [0.15, 0.2) is 28.9 Å². The second-order valence-electron chi connectivity index (χ2n) is 4.81. The van der Waals surface area contributed by atoms with Gasteiger partial charge in [-0.3, -0.25) is 4.79 Å². The molecule has 0 fully saturated rings. The van der Waals surface area contributed by atoms with E-state index >= 15 is 0 Å². The molecule has 0 saturated carbocycles. The minimum atomic E-state index is -0.335.